The Kier molecular flexibility index (Phi) is 3.66. The molecule has 8 heteroatoms. The molecule has 2 aromatic carbocycles. The fourth-order valence-electron chi connectivity index (χ4n) is 2.86. The molecule has 0 aliphatic heterocycles. The molecular formula is C19H12N4O2S2. The molecule has 0 unspecified atom stereocenters. The molecule has 0 atom stereocenters. The number of rotatable bonds is 3. The van der Waals surface area contributed by atoms with E-state index in [0.717, 1.165) is 20.1 Å². The van der Waals surface area contributed by atoms with Crippen LogP contribution >= 0.6 is 22.7 Å². The molecule has 1 amide bonds. The number of carbonyl (C=O) groups is 1. The average molecular weight is 392 g/mol. The van der Waals surface area contributed by atoms with Crippen LogP contribution in [0.1, 0.15) is 9.67 Å². The third-order valence-corrected chi connectivity index (χ3v) is 6.40. The summed E-state index contributed by atoms with van der Waals surface area (Å²) in [5, 5.41) is 3.78. The lowest BCUT2D eigenvalue weighted by Gasteiger charge is -2.03. The third-order valence-electron chi connectivity index (χ3n) is 4.11. The second-order valence-electron chi connectivity index (χ2n) is 5.94. The number of nitrogens with one attached hydrogen (secondary N) is 3. The summed E-state index contributed by atoms with van der Waals surface area (Å²) in [5.41, 5.74) is 2.67. The van der Waals surface area contributed by atoms with Crippen molar-refractivity contribution in [1.82, 2.24) is 15.0 Å². The summed E-state index contributed by atoms with van der Waals surface area (Å²) in [7, 11) is 0. The van der Waals surface area contributed by atoms with Gasteiger partial charge < -0.3 is 15.3 Å². The van der Waals surface area contributed by atoms with Gasteiger partial charge in [0, 0.05) is 5.69 Å². The molecule has 0 fully saturated rings. The Morgan fingerprint density at radius 1 is 0.963 bits per heavy atom. The number of H-pyrrole nitrogens is 2. The Morgan fingerprint density at radius 2 is 1.81 bits per heavy atom. The van der Waals surface area contributed by atoms with Crippen molar-refractivity contribution in [2.24, 2.45) is 0 Å². The molecule has 3 N–H and O–H groups in total. The van der Waals surface area contributed by atoms with Crippen LogP contribution in [0.5, 0.6) is 0 Å². The Balaban J connectivity index is 1.40. The molecule has 0 bridgehead atoms. The van der Waals surface area contributed by atoms with Crippen LogP contribution in [-0.2, 0) is 0 Å². The number of amides is 1. The highest BCUT2D eigenvalue weighted by Crippen LogP contribution is 2.34. The molecule has 6 nitrogen and oxygen atoms in total. The normalized spacial score (nSPS) is 11.3. The van der Waals surface area contributed by atoms with Crippen molar-refractivity contribution in [3.63, 3.8) is 0 Å². The van der Waals surface area contributed by atoms with Crippen molar-refractivity contribution < 1.29 is 4.79 Å². The number of hydrogen-bond acceptors (Lipinski definition) is 5. The van der Waals surface area contributed by atoms with Gasteiger partial charge in [0.05, 0.1) is 31.0 Å². The van der Waals surface area contributed by atoms with Crippen LogP contribution in [0.2, 0.25) is 0 Å². The Labute approximate surface area is 160 Å². The second kappa shape index (κ2) is 6.19. The SMILES string of the molecule is O=C(Nc1ccc2[nH]c(=O)[nH]c2c1)c1ccc(-c2nc3ccccc3s2)s1. The van der Waals surface area contributed by atoms with Crippen LogP contribution in [0.25, 0.3) is 31.1 Å². The van der Waals surface area contributed by atoms with Crippen LogP contribution in [0, 0.1) is 0 Å². The highest BCUT2D eigenvalue weighted by Gasteiger charge is 2.14. The maximum absolute atomic E-state index is 12.6. The quantitative estimate of drug-likeness (QED) is 0.424. The van der Waals surface area contributed by atoms with E-state index in [1.165, 1.54) is 11.3 Å². The van der Waals surface area contributed by atoms with E-state index in [9.17, 15) is 9.59 Å². The van der Waals surface area contributed by atoms with Crippen molar-refractivity contribution in [2.45, 2.75) is 0 Å². The van der Waals surface area contributed by atoms with Crippen LogP contribution < -0.4 is 11.0 Å². The van der Waals surface area contributed by atoms with Gasteiger partial charge in [0.15, 0.2) is 0 Å². The molecule has 0 aliphatic carbocycles. The first-order valence-corrected chi connectivity index (χ1v) is 9.78. The van der Waals surface area contributed by atoms with E-state index in [0.29, 0.717) is 21.6 Å². The molecule has 0 spiro atoms. The fourth-order valence-corrected chi connectivity index (χ4v) is 4.78. The standard InChI is InChI=1S/C19H12N4O2S2/c24-17(20-10-5-6-11-13(9-10)23-19(25)22-11)15-7-8-16(26-15)18-21-12-3-1-2-4-14(12)27-18/h1-9H,(H,20,24)(H2,22,23,25). The topological polar surface area (TPSA) is 90.6 Å². The van der Waals surface area contributed by atoms with E-state index in [1.807, 2.05) is 30.3 Å². The Morgan fingerprint density at radius 3 is 2.70 bits per heavy atom. The summed E-state index contributed by atoms with van der Waals surface area (Å²) in [4.78, 5) is 35.5. The van der Waals surface area contributed by atoms with Gasteiger partial charge in [0.2, 0.25) is 0 Å². The van der Waals surface area contributed by atoms with Gasteiger partial charge in [-0.1, -0.05) is 12.1 Å². The Hall–Kier alpha value is -3.23. The van der Waals surface area contributed by atoms with E-state index in [1.54, 1.807) is 35.6 Å². The number of benzene rings is 2. The number of imidazole rings is 1. The highest BCUT2D eigenvalue weighted by atomic mass is 32.1. The fraction of sp³-hybridized carbons (Fsp3) is 0. The number of aromatic nitrogens is 3. The van der Waals surface area contributed by atoms with Crippen LogP contribution in [0.15, 0.2) is 59.4 Å². The first-order chi connectivity index (χ1) is 13.2. The monoisotopic (exact) mass is 392 g/mol. The molecule has 132 valence electrons. The summed E-state index contributed by atoms with van der Waals surface area (Å²) >= 11 is 3.02. The van der Waals surface area contributed by atoms with Crippen molar-refractivity contribution in [2.75, 3.05) is 5.32 Å². The van der Waals surface area contributed by atoms with Crippen LogP contribution in [0.3, 0.4) is 0 Å². The predicted molar refractivity (Wildman–Crippen MR) is 110 cm³/mol. The lowest BCUT2D eigenvalue weighted by Crippen LogP contribution is -2.09. The minimum absolute atomic E-state index is 0.190. The number of anilines is 1. The van der Waals surface area contributed by atoms with Gasteiger partial charge in [-0.25, -0.2) is 9.78 Å². The van der Waals surface area contributed by atoms with Crippen molar-refractivity contribution >= 4 is 55.5 Å². The molecule has 0 saturated heterocycles. The summed E-state index contributed by atoms with van der Waals surface area (Å²) in [6.07, 6.45) is 0. The number of aromatic amines is 2. The molecular weight excluding hydrogens is 380 g/mol. The summed E-state index contributed by atoms with van der Waals surface area (Å²) in [5.74, 6) is -0.190. The van der Waals surface area contributed by atoms with Gasteiger partial charge in [-0.3, -0.25) is 4.79 Å². The third kappa shape index (κ3) is 2.94. The minimum Gasteiger partial charge on any atom is -0.321 e. The molecule has 0 saturated carbocycles. The summed E-state index contributed by atoms with van der Waals surface area (Å²) in [6, 6.07) is 16.9. The largest absolute Gasteiger partial charge is 0.323 e. The zero-order valence-corrected chi connectivity index (χ0v) is 15.4. The maximum atomic E-state index is 12.6. The number of fused-ring (bicyclic) bond motifs is 2. The van der Waals surface area contributed by atoms with E-state index >= 15 is 0 Å². The molecule has 27 heavy (non-hydrogen) atoms. The molecule has 5 rings (SSSR count). The average Bonchev–Trinajstić information content (AvgIpc) is 3.37. The lowest BCUT2D eigenvalue weighted by molar-refractivity contribution is 0.103. The zero-order valence-electron chi connectivity index (χ0n) is 13.8. The van der Waals surface area contributed by atoms with E-state index in [2.05, 4.69) is 20.3 Å². The minimum atomic E-state index is -0.271. The molecule has 3 aromatic heterocycles. The molecule has 0 radical (unpaired) electrons. The van der Waals surface area contributed by atoms with Gasteiger partial charge in [-0.2, -0.15) is 0 Å². The van der Waals surface area contributed by atoms with Crippen molar-refractivity contribution in [3.8, 4) is 9.88 Å². The van der Waals surface area contributed by atoms with Gasteiger partial charge >= 0.3 is 5.69 Å². The molecule has 5 aromatic rings. The number of para-hydroxylation sites is 1. The zero-order chi connectivity index (χ0) is 18.4. The van der Waals surface area contributed by atoms with Crippen LogP contribution in [0.4, 0.5) is 5.69 Å². The number of carbonyl (C=O) groups excluding carboxylic acids is 1. The van der Waals surface area contributed by atoms with E-state index in [-0.39, 0.29) is 11.6 Å². The summed E-state index contributed by atoms with van der Waals surface area (Å²) < 4.78 is 1.13. The number of hydrogen-bond donors (Lipinski definition) is 3. The van der Waals surface area contributed by atoms with Crippen molar-refractivity contribution in [1.29, 1.82) is 0 Å². The van der Waals surface area contributed by atoms with Gasteiger partial charge in [0.25, 0.3) is 5.91 Å². The predicted octanol–water partition coefficient (Wildman–Crippen LogP) is 4.45. The lowest BCUT2D eigenvalue weighted by atomic mass is 10.2. The first kappa shape index (κ1) is 16.0. The Bertz CT molecular complexity index is 1330. The van der Waals surface area contributed by atoms with E-state index < -0.39 is 0 Å². The number of thiophene rings is 1. The maximum Gasteiger partial charge on any atom is 0.323 e. The van der Waals surface area contributed by atoms with E-state index in [4.69, 9.17) is 0 Å². The number of thiazole rings is 1. The van der Waals surface area contributed by atoms with Gasteiger partial charge in [-0.05, 0) is 42.5 Å². The molecule has 0 aliphatic rings. The van der Waals surface area contributed by atoms with Crippen LogP contribution in [-0.4, -0.2) is 20.9 Å². The number of nitrogens with zero attached hydrogens (tertiary/aromatic N) is 1. The summed E-state index contributed by atoms with van der Waals surface area (Å²) in [6.45, 7) is 0. The van der Waals surface area contributed by atoms with Crippen molar-refractivity contribution in [3.05, 3.63) is 70.0 Å². The highest BCUT2D eigenvalue weighted by molar-refractivity contribution is 7.26. The molecule has 3 heterocycles. The van der Waals surface area contributed by atoms with Gasteiger partial charge in [-0.15, -0.1) is 22.7 Å². The first-order valence-electron chi connectivity index (χ1n) is 8.15. The smallest absolute Gasteiger partial charge is 0.321 e. The second-order valence-corrected chi connectivity index (χ2v) is 8.06. The van der Waals surface area contributed by atoms with Gasteiger partial charge in [0.1, 0.15) is 5.01 Å².